The third kappa shape index (κ3) is 144. The lowest BCUT2D eigenvalue weighted by Gasteiger charge is -1.98. The zero-order chi connectivity index (χ0) is 7.91. The zero-order valence-corrected chi connectivity index (χ0v) is 8.77. The average Bonchev–Trinajstić information content (AvgIpc) is 1.61. The van der Waals surface area contributed by atoms with Crippen molar-refractivity contribution in [3.8, 4) is 0 Å². The molecule has 0 saturated carbocycles. The highest BCUT2D eigenvalue weighted by Gasteiger charge is 2.03. The molecule has 0 radical (unpaired) electrons. The molecule has 0 aromatic heterocycles. The molecular weight excluding hydrogens is 200 g/mol. The molecule has 0 aromatic rings. The lowest BCUT2D eigenvalue weighted by Crippen LogP contribution is -2.05. The molecule has 58 valence electrons. The number of aliphatic hydroxyl groups is 2. The normalized spacial score (nSPS) is 10.0. The van der Waals surface area contributed by atoms with Crippen LogP contribution < -0.4 is 0 Å². The molecule has 9 heavy (non-hydrogen) atoms. The molecular formula is C5H15BrO2Si. The third-order valence-corrected chi connectivity index (χ3v) is 0.1000. The second-order valence-electron chi connectivity index (χ2n) is 2.51. The van der Waals surface area contributed by atoms with Gasteiger partial charge in [-0.3, -0.25) is 0 Å². The van der Waals surface area contributed by atoms with E-state index in [1.165, 1.54) is 0 Å². The van der Waals surface area contributed by atoms with E-state index in [0.29, 0.717) is 0 Å². The smallest absolute Gasteiger partial charge is 0.121 e. The number of aliphatic hydroxyl groups excluding tert-OH is 2. The summed E-state index contributed by atoms with van der Waals surface area (Å²) in [5, 5.41) is 15.2. The van der Waals surface area contributed by atoms with E-state index in [9.17, 15) is 0 Å². The maximum atomic E-state index is 7.62. The first kappa shape index (κ1) is 12.3. The minimum absolute atomic E-state index is 0.125. The van der Waals surface area contributed by atoms with Crippen LogP contribution in [0.2, 0.25) is 19.6 Å². The topological polar surface area (TPSA) is 40.5 Å². The second kappa shape index (κ2) is 6.73. The monoisotopic (exact) mass is 214 g/mol. The highest BCUT2D eigenvalue weighted by molar-refractivity contribution is 9.26. The summed E-state index contributed by atoms with van der Waals surface area (Å²) in [5.74, 6) is 0. The Morgan fingerprint density at radius 3 is 1.22 bits per heavy atom. The Morgan fingerprint density at radius 1 is 1.11 bits per heavy atom. The largest absolute Gasteiger partial charge is 0.394 e. The van der Waals surface area contributed by atoms with Gasteiger partial charge in [0.1, 0.15) is 6.69 Å². The Hall–Kier alpha value is 0.617. The van der Waals surface area contributed by atoms with E-state index in [1.54, 1.807) is 0 Å². The first-order valence-electron chi connectivity index (χ1n) is 2.82. The molecule has 0 spiro atoms. The maximum absolute atomic E-state index is 7.62. The second-order valence-corrected chi connectivity index (χ2v) is 13.8. The maximum Gasteiger partial charge on any atom is 0.121 e. The van der Waals surface area contributed by atoms with Gasteiger partial charge < -0.3 is 10.2 Å². The molecule has 0 heterocycles. The molecule has 0 unspecified atom stereocenters. The lowest BCUT2D eigenvalue weighted by atomic mass is 10.8. The standard InChI is InChI=1S/C3H9BrSi.C2H6O2/c1-5(2,3)4;3-1-2-4/h1-3H3;3-4H,1-2H2. The Labute approximate surface area is 65.5 Å². The first-order chi connectivity index (χ1) is 3.91. The van der Waals surface area contributed by atoms with Gasteiger partial charge in [0.25, 0.3) is 0 Å². The van der Waals surface area contributed by atoms with E-state index in [-0.39, 0.29) is 13.2 Å². The van der Waals surface area contributed by atoms with Crippen LogP contribution in [0, 0.1) is 0 Å². The van der Waals surface area contributed by atoms with Crippen LogP contribution in [0.25, 0.3) is 0 Å². The summed E-state index contributed by atoms with van der Waals surface area (Å²) in [5.41, 5.74) is 0. The summed E-state index contributed by atoms with van der Waals surface area (Å²) in [6.45, 7) is 5.68. The van der Waals surface area contributed by atoms with Gasteiger partial charge in [-0.1, -0.05) is 19.6 Å². The fraction of sp³-hybridized carbons (Fsp3) is 1.00. The number of hydrogen-bond acceptors (Lipinski definition) is 2. The van der Waals surface area contributed by atoms with Gasteiger partial charge in [-0.05, 0) is 0 Å². The Morgan fingerprint density at radius 2 is 1.22 bits per heavy atom. The molecule has 0 atom stereocenters. The van der Waals surface area contributed by atoms with Crippen LogP contribution in [0.1, 0.15) is 0 Å². The highest BCUT2D eigenvalue weighted by Crippen LogP contribution is 2.07. The van der Waals surface area contributed by atoms with Crippen molar-refractivity contribution >= 4 is 22.0 Å². The Balaban J connectivity index is 0. The van der Waals surface area contributed by atoms with Crippen molar-refractivity contribution in [2.45, 2.75) is 19.6 Å². The quantitative estimate of drug-likeness (QED) is 0.509. The third-order valence-electron chi connectivity index (χ3n) is 0.1000. The zero-order valence-electron chi connectivity index (χ0n) is 6.19. The molecule has 0 aromatic carbocycles. The molecule has 0 rings (SSSR count). The lowest BCUT2D eigenvalue weighted by molar-refractivity contribution is 0.186. The van der Waals surface area contributed by atoms with Crippen molar-refractivity contribution in [1.82, 2.24) is 0 Å². The van der Waals surface area contributed by atoms with Crippen molar-refractivity contribution in [1.29, 1.82) is 0 Å². The minimum atomic E-state index is -0.799. The molecule has 0 saturated heterocycles. The van der Waals surface area contributed by atoms with Gasteiger partial charge >= 0.3 is 0 Å². The van der Waals surface area contributed by atoms with E-state index in [0.717, 1.165) is 0 Å². The number of hydrogen-bond donors (Lipinski definition) is 2. The minimum Gasteiger partial charge on any atom is -0.394 e. The summed E-state index contributed by atoms with van der Waals surface area (Å²) in [4.78, 5) is 0. The Bertz CT molecular complexity index is 45.4. The van der Waals surface area contributed by atoms with Crippen molar-refractivity contribution in [2.24, 2.45) is 0 Å². The predicted molar refractivity (Wildman–Crippen MR) is 46.4 cm³/mol. The predicted octanol–water partition coefficient (Wildman–Crippen LogP) is 1.19. The van der Waals surface area contributed by atoms with Gasteiger partial charge in [0.05, 0.1) is 13.2 Å². The van der Waals surface area contributed by atoms with Gasteiger partial charge in [0.15, 0.2) is 0 Å². The Kier molecular flexibility index (Phi) is 9.21. The molecule has 0 amide bonds. The molecule has 0 aliphatic heterocycles. The summed E-state index contributed by atoms with van der Waals surface area (Å²) in [6.07, 6.45) is 0. The van der Waals surface area contributed by atoms with Crippen LogP contribution in [-0.2, 0) is 0 Å². The number of halogens is 1. The van der Waals surface area contributed by atoms with E-state index in [4.69, 9.17) is 10.2 Å². The van der Waals surface area contributed by atoms with E-state index in [2.05, 4.69) is 34.9 Å². The highest BCUT2D eigenvalue weighted by atomic mass is 79.9. The summed E-state index contributed by atoms with van der Waals surface area (Å²) in [7, 11) is 0. The van der Waals surface area contributed by atoms with Crippen molar-refractivity contribution < 1.29 is 10.2 Å². The van der Waals surface area contributed by atoms with Crippen LogP contribution in [0.3, 0.4) is 0 Å². The van der Waals surface area contributed by atoms with E-state index >= 15 is 0 Å². The van der Waals surface area contributed by atoms with Gasteiger partial charge in [-0.15, -0.1) is 15.3 Å². The van der Waals surface area contributed by atoms with Crippen LogP contribution in [-0.4, -0.2) is 30.1 Å². The van der Waals surface area contributed by atoms with Gasteiger partial charge in [0.2, 0.25) is 0 Å². The van der Waals surface area contributed by atoms with Crippen molar-refractivity contribution in [2.75, 3.05) is 13.2 Å². The summed E-state index contributed by atoms with van der Waals surface area (Å²) < 4.78 is 0. The summed E-state index contributed by atoms with van der Waals surface area (Å²) in [6, 6.07) is 0. The van der Waals surface area contributed by atoms with Gasteiger partial charge in [0, 0.05) is 0 Å². The van der Waals surface area contributed by atoms with Crippen molar-refractivity contribution in [3.63, 3.8) is 0 Å². The SMILES string of the molecule is C[Si](C)(C)Br.OCCO. The molecule has 4 heteroatoms. The van der Waals surface area contributed by atoms with Crippen LogP contribution >= 0.6 is 15.3 Å². The van der Waals surface area contributed by atoms with E-state index in [1.807, 2.05) is 0 Å². The summed E-state index contributed by atoms with van der Waals surface area (Å²) >= 11 is 3.51. The molecule has 0 aliphatic carbocycles. The first-order valence-corrected chi connectivity index (χ1v) is 8.58. The van der Waals surface area contributed by atoms with Gasteiger partial charge in [-0.25, -0.2) is 0 Å². The number of rotatable bonds is 1. The average molecular weight is 215 g/mol. The molecule has 2 N–H and O–H groups in total. The molecule has 0 aliphatic rings. The van der Waals surface area contributed by atoms with Gasteiger partial charge in [-0.2, -0.15) is 0 Å². The fourth-order valence-corrected chi connectivity index (χ4v) is 0. The van der Waals surface area contributed by atoms with Crippen LogP contribution in [0.15, 0.2) is 0 Å². The molecule has 0 fully saturated rings. The molecule has 0 bridgehead atoms. The van der Waals surface area contributed by atoms with Crippen LogP contribution in [0.4, 0.5) is 0 Å². The van der Waals surface area contributed by atoms with Crippen molar-refractivity contribution in [3.05, 3.63) is 0 Å². The molecule has 2 nitrogen and oxygen atoms in total. The van der Waals surface area contributed by atoms with E-state index < -0.39 is 6.69 Å². The van der Waals surface area contributed by atoms with Crippen LogP contribution in [0.5, 0.6) is 0 Å². The fourth-order valence-electron chi connectivity index (χ4n) is 0.